The van der Waals surface area contributed by atoms with E-state index in [9.17, 15) is 18.0 Å². The smallest absolute Gasteiger partial charge is 0.261 e. The number of likely N-dealkylation sites (tertiary alicyclic amines) is 1. The number of carbonyl (C=O) groups excluding carboxylic acids is 2. The van der Waals surface area contributed by atoms with Crippen molar-refractivity contribution in [3.63, 3.8) is 0 Å². The van der Waals surface area contributed by atoms with Gasteiger partial charge in [0.15, 0.2) is 11.5 Å². The number of para-hydroxylation sites is 2. The molecule has 1 aromatic rings. The molecule has 10 heteroatoms. The van der Waals surface area contributed by atoms with Crippen molar-refractivity contribution >= 4 is 21.9 Å². The number of ether oxygens (including phenoxy) is 2. The molecule has 1 unspecified atom stereocenters. The maximum absolute atomic E-state index is 12.4. The molecule has 2 N–H and O–H groups in total. The van der Waals surface area contributed by atoms with Crippen LogP contribution in [0.2, 0.25) is 0 Å². The van der Waals surface area contributed by atoms with Gasteiger partial charge in [-0.15, -0.1) is 0 Å². The van der Waals surface area contributed by atoms with Crippen LogP contribution in [0.4, 0.5) is 0 Å². The third-order valence-electron chi connectivity index (χ3n) is 5.77. The largest absolute Gasteiger partial charge is 0.486 e. The molecule has 172 valence electrons. The number of amides is 2. The number of imide groups is 1. The maximum atomic E-state index is 12.4. The number of carbonyl (C=O) groups is 2. The molecule has 2 fully saturated rings. The van der Waals surface area contributed by atoms with Crippen molar-refractivity contribution in [2.45, 2.75) is 44.6 Å². The Morgan fingerprint density at radius 2 is 1.71 bits per heavy atom. The van der Waals surface area contributed by atoms with E-state index in [1.54, 1.807) is 0 Å². The highest BCUT2D eigenvalue weighted by Gasteiger charge is 2.44. The highest BCUT2D eigenvalue weighted by molar-refractivity contribution is 7.85. The molecule has 1 saturated heterocycles. The zero-order valence-corrected chi connectivity index (χ0v) is 18.5. The third-order valence-corrected chi connectivity index (χ3v) is 5.77. The van der Waals surface area contributed by atoms with Crippen LogP contribution in [0.1, 0.15) is 38.5 Å². The first kappa shape index (κ1) is 23.5. The average molecular weight is 455 g/mol. The summed E-state index contributed by atoms with van der Waals surface area (Å²) >= 11 is 0. The number of rotatable bonds is 5. The van der Waals surface area contributed by atoms with Crippen molar-refractivity contribution in [2.24, 2.45) is 5.41 Å². The molecule has 2 aliphatic heterocycles. The number of nitrogens with zero attached hydrogens (tertiary/aromatic N) is 1. The summed E-state index contributed by atoms with van der Waals surface area (Å²) in [7, 11) is -3.67. The quantitative estimate of drug-likeness (QED) is 0.391. The normalized spacial score (nSPS) is 22.3. The number of fused-ring (bicyclic) bond motifs is 1. The van der Waals surface area contributed by atoms with Gasteiger partial charge < -0.3 is 14.8 Å². The van der Waals surface area contributed by atoms with Crippen LogP contribution < -0.4 is 14.8 Å². The topological polar surface area (TPSA) is 122 Å². The van der Waals surface area contributed by atoms with Crippen LogP contribution in [-0.2, 0) is 19.7 Å². The van der Waals surface area contributed by atoms with Gasteiger partial charge in [-0.3, -0.25) is 19.0 Å². The summed E-state index contributed by atoms with van der Waals surface area (Å²) in [5.74, 6) is 1.52. The number of hydrogen-bond acceptors (Lipinski definition) is 7. The highest BCUT2D eigenvalue weighted by Crippen LogP contribution is 2.46. The second kappa shape index (κ2) is 9.97. The van der Waals surface area contributed by atoms with Gasteiger partial charge in [-0.05, 0) is 30.4 Å². The molecule has 0 radical (unpaired) electrons. The molecule has 1 aromatic carbocycles. The van der Waals surface area contributed by atoms with E-state index in [1.165, 1.54) is 4.90 Å². The zero-order valence-electron chi connectivity index (χ0n) is 17.7. The van der Waals surface area contributed by atoms with Crippen LogP contribution in [0.5, 0.6) is 11.5 Å². The second-order valence-electron chi connectivity index (χ2n) is 8.43. The lowest BCUT2D eigenvalue weighted by atomic mass is 9.76. The van der Waals surface area contributed by atoms with Gasteiger partial charge in [0.2, 0.25) is 11.8 Å². The molecule has 1 saturated carbocycles. The first-order valence-electron chi connectivity index (χ1n) is 10.5. The van der Waals surface area contributed by atoms with Crippen molar-refractivity contribution in [2.75, 3.05) is 32.5 Å². The van der Waals surface area contributed by atoms with Crippen molar-refractivity contribution < 1.29 is 32.0 Å². The predicted molar refractivity (Wildman–Crippen MR) is 114 cm³/mol. The Morgan fingerprint density at radius 1 is 1.13 bits per heavy atom. The Balaban J connectivity index is 0.000000491. The molecule has 9 nitrogen and oxygen atoms in total. The van der Waals surface area contributed by atoms with Gasteiger partial charge in [0.25, 0.3) is 10.1 Å². The molecule has 1 atom stereocenters. The van der Waals surface area contributed by atoms with Gasteiger partial charge in [0.1, 0.15) is 12.7 Å². The molecule has 2 heterocycles. The minimum atomic E-state index is -3.67. The molecule has 0 aromatic heterocycles. The lowest BCUT2D eigenvalue weighted by molar-refractivity contribution is -0.153. The van der Waals surface area contributed by atoms with Crippen LogP contribution in [0, 0.1) is 5.41 Å². The standard InChI is InChI=1S/C20H26N2O4.CH4O3S/c23-18-11-20(7-3-4-8-20)12-19(24)22(18)10-9-21-13-15-14-25-16-5-1-2-6-17(16)26-15;1-5(2,3)4/h1-2,5-6,15,21H,3-4,7-14H2;1H3,(H,2,3,4). The van der Waals surface area contributed by atoms with Gasteiger partial charge in [-0.1, -0.05) is 25.0 Å². The van der Waals surface area contributed by atoms with Crippen LogP contribution in [0.25, 0.3) is 0 Å². The van der Waals surface area contributed by atoms with E-state index in [0.717, 1.165) is 37.2 Å². The fraction of sp³-hybridized carbons (Fsp3) is 0.619. The first-order chi connectivity index (χ1) is 14.7. The fourth-order valence-corrected chi connectivity index (χ4v) is 4.38. The van der Waals surface area contributed by atoms with Gasteiger partial charge in [0.05, 0.1) is 6.26 Å². The summed E-state index contributed by atoms with van der Waals surface area (Å²) in [6.07, 6.45) is 6.06. The Labute approximate surface area is 182 Å². The Hall–Kier alpha value is -2.17. The summed E-state index contributed by atoms with van der Waals surface area (Å²) in [4.78, 5) is 26.3. The Bertz CT molecular complexity index is 869. The molecular weight excluding hydrogens is 424 g/mol. The lowest BCUT2D eigenvalue weighted by Gasteiger charge is -2.37. The van der Waals surface area contributed by atoms with Gasteiger partial charge >= 0.3 is 0 Å². The summed E-state index contributed by atoms with van der Waals surface area (Å²) < 4.78 is 37.4. The monoisotopic (exact) mass is 454 g/mol. The minimum absolute atomic E-state index is 0.00359. The Morgan fingerprint density at radius 3 is 2.32 bits per heavy atom. The van der Waals surface area contributed by atoms with E-state index in [2.05, 4.69) is 5.32 Å². The molecule has 1 aliphatic carbocycles. The molecule has 0 bridgehead atoms. The average Bonchev–Trinajstić information content (AvgIpc) is 3.12. The van der Waals surface area contributed by atoms with Crippen LogP contribution >= 0.6 is 0 Å². The van der Waals surface area contributed by atoms with Crippen LogP contribution in [-0.4, -0.2) is 68.3 Å². The Kier molecular flexibility index (Phi) is 7.55. The van der Waals surface area contributed by atoms with E-state index in [-0.39, 0.29) is 23.3 Å². The molecular formula is C21H30N2O7S. The lowest BCUT2D eigenvalue weighted by Crippen LogP contribution is -2.50. The van der Waals surface area contributed by atoms with E-state index in [0.29, 0.717) is 45.3 Å². The summed E-state index contributed by atoms with van der Waals surface area (Å²) in [5, 5.41) is 3.28. The number of benzene rings is 1. The molecule has 1 spiro atoms. The van der Waals surface area contributed by atoms with E-state index in [4.69, 9.17) is 14.0 Å². The molecule has 4 rings (SSSR count). The SMILES string of the molecule is CS(=O)(=O)O.O=C1CC2(CCCC2)CC(=O)N1CCNCC1COc2ccccc2O1. The summed E-state index contributed by atoms with van der Waals surface area (Å²) in [6, 6.07) is 7.63. The van der Waals surface area contributed by atoms with Crippen molar-refractivity contribution in [3.05, 3.63) is 24.3 Å². The van der Waals surface area contributed by atoms with E-state index < -0.39 is 10.1 Å². The van der Waals surface area contributed by atoms with Crippen molar-refractivity contribution in [1.29, 1.82) is 0 Å². The van der Waals surface area contributed by atoms with Gasteiger partial charge in [-0.25, -0.2) is 0 Å². The first-order valence-corrected chi connectivity index (χ1v) is 12.3. The number of nitrogens with one attached hydrogen (secondary N) is 1. The number of hydrogen-bond donors (Lipinski definition) is 2. The maximum Gasteiger partial charge on any atom is 0.261 e. The van der Waals surface area contributed by atoms with E-state index >= 15 is 0 Å². The fourth-order valence-electron chi connectivity index (χ4n) is 4.38. The van der Waals surface area contributed by atoms with Gasteiger partial charge in [0, 0.05) is 32.5 Å². The summed E-state index contributed by atoms with van der Waals surface area (Å²) in [5.41, 5.74) is -0.0290. The molecule has 31 heavy (non-hydrogen) atoms. The minimum Gasteiger partial charge on any atom is -0.486 e. The molecule has 2 amide bonds. The predicted octanol–water partition coefficient (Wildman–Crippen LogP) is 1.63. The third kappa shape index (κ3) is 6.91. The second-order valence-corrected chi connectivity index (χ2v) is 9.90. The molecule has 3 aliphatic rings. The van der Waals surface area contributed by atoms with E-state index in [1.807, 2.05) is 24.3 Å². The summed E-state index contributed by atoms with van der Waals surface area (Å²) in [6.45, 7) is 2.12. The van der Waals surface area contributed by atoms with Crippen molar-refractivity contribution in [1.82, 2.24) is 10.2 Å². The van der Waals surface area contributed by atoms with Crippen molar-refractivity contribution in [3.8, 4) is 11.5 Å². The number of piperidine rings is 1. The highest BCUT2D eigenvalue weighted by atomic mass is 32.2. The van der Waals surface area contributed by atoms with Crippen LogP contribution in [0.3, 0.4) is 0 Å². The van der Waals surface area contributed by atoms with Gasteiger partial charge in [-0.2, -0.15) is 8.42 Å². The van der Waals surface area contributed by atoms with Crippen LogP contribution in [0.15, 0.2) is 24.3 Å². The zero-order chi connectivity index (χ0) is 22.5.